The summed E-state index contributed by atoms with van der Waals surface area (Å²) >= 11 is 0. The number of ether oxygens (including phenoxy) is 1. The first kappa shape index (κ1) is 17.3. The molecule has 0 amide bonds. The van der Waals surface area contributed by atoms with Crippen molar-refractivity contribution in [3.63, 3.8) is 0 Å². The monoisotopic (exact) mass is 367 g/mol. The van der Waals surface area contributed by atoms with Gasteiger partial charge in [-0.15, -0.1) is 0 Å². The quantitative estimate of drug-likeness (QED) is 0.635. The second kappa shape index (κ2) is 7.65. The molecule has 7 nitrogen and oxygen atoms in total. The molecule has 4 rings (SSSR count). The number of anilines is 1. The maximum atomic E-state index is 11.9. The standard InChI is InChI=1S/C20H21N3O4/c1-2-25-19(24)14-7-9-23(10-8-14)20-21-13-15(16-5-3-11-26-16)18(22-20)17-6-4-12-27-17/h3-6,11-14H,2,7-10H2,1H3. The average molecular weight is 367 g/mol. The first-order chi connectivity index (χ1) is 13.3. The minimum Gasteiger partial charge on any atom is -0.466 e. The normalized spacial score (nSPS) is 15.1. The van der Waals surface area contributed by atoms with Crippen LogP contribution in [0, 0.1) is 5.92 Å². The molecule has 140 valence electrons. The summed E-state index contributed by atoms with van der Waals surface area (Å²) in [5.74, 6) is 1.81. The number of nitrogens with zero attached hydrogens (tertiary/aromatic N) is 3. The molecule has 27 heavy (non-hydrogen) atoms. The second-order valence-electron chi connectivity index (χ2n) is 6.40. The Morgan fingerprint density at radius 2 is 1.89 bits per heavy atom. The van der Waals surface area contributed by atoms with E-state index in [4.69, 9.17) is 18.6 Å². The zero-order valence-corrected chi connectivity index (χ0v) is 15.1. The van der Waals surface area contributed by atoms with E-state index >= 15 is 0 Å². The van der Waals surface area contributed by atoms with Crippen LogP contribution in [0.3, 0.4) is 0 Å². The molecule has 0 aliphatic carbocycles. The maximum Gasteiger partial charge on any atom is 0.309 e. The summed E-state index contributed by atoms with van der Waals surface area (Å²) in [7, 11) is 0. The molecule has 0 spiro atoms. The summed E-state index contributed by atoms with van der Waals surface area (Å²) in [4.78, 5) is 23.3. The van der Waals surface area contributed by atoms with Gasteiger partial charge in [0.05, 0.1) is 30.6 Å². The molecule has 7 heteroatoms. The van der Waals surface area contributed by atoms with Crippen LogP contribution in [0.5, 0.6) is 0 Å². The number of rotatable bonds is 5. The van der Waals surface area contributed by atoms with Crippen molar-refractivity contribution in [3.05, 3.63) is 43.0 Å². The predicted molar refractivity (Wildman–Crippen MR) is 99.0 cm³/mol. The van der Waals surface area contributed by atoms with Crippen LogP contribution in [0.1, 0.15) is 19.8 Å². The highest BCUT2D eigenvalue weighted by atomic mass is 16.5. The van der Waals surface area contributed by atoms with Crippen molar-refractivity contribution < 1.29 is 18.4 Å². The lowest BCUT2D eigenvalue weighted by atomic mass is 9.97. The van der Waals surface area contributed by atoms with Gasteiger partial charge in [0.1, 0.15) is 11.5 Å². The van der Waals surface area contributed by atoms with Gasteiger partial charge in [0, 0.05) is 19.3 Å². The molecule has 0 aromatic carbocycles. The van der Waals surface area contributed by atoms with Crippen molar-refractivity contribution in [2.24, 2.45) is 5.92 Å². The minimum atomic E-state index is -0.109. The molecular formula is C20H21N3O4. The third kappa shape index (κ3) is 3.58. The third-order valence-electron chi connectivity index (χ3n) is 4.71. The molecule has 0 radical (unpaired) electrons. The van der Waals surface area contributed by atoms with Crippen molar-refractivity contribution in [1.82, 2.24) is 9.97 Å². The number of esters is 1. The smallest absolute Gasteiger partial charge is 0.309 e. The van der Waals surface area contributed by atoms with Gasteiger partial charge in [-0.25, -0.2) is 9.97 Å². The van der Waals surface area contributed by atoms with Gasteiger partial charge < -0.3 is 18.5 Å². The Labute approximate surface area is 157 Å². The van der Waals surface area contributed by atoms with Gasteiger partial charge in [-0.05, 0) is 44.0 Å². The van der Waals surface area contributed by atoms with Crippen molar-refractivity contribution >= 4 is 11.9 Å². The van der Waals surface area contributed by atoms with Crippen LogP contribution < -0.4 is 4.90 Å². The van der Waals surface area contributed by atoms with E-state index in [-0.39, 0.29) is 11.9 Å². The van der Waals surface area contributed by atoms with E-state index in [9.17, 15) is 4.79 Å². The van der Waals surface area contributed by atoms with Gasteiger partial charge in [-0.3, -0.25) is 4.79 Å². The minimum absolute atomic E-state index is 0.0480. The Bertz CT molecular complexity index is 882. The topological polar surface area (TPSA) is 81.6 Å². The van der Waals surface area contributed by atoms with Crippen LogP contribution >= 0.6 is 0 Å². The summed E-state index contributed by atoms with van der Waals surface area (Å²) in [6, 6.07) is 7.39. The molecule has 1 aliphatic heterocycles. The zero-order valence-electron chi connectivity index (χ0n) is 15.1. The molecule has 0 saturated carbocycles. The zero-order chi connectivity index (χ0) is 18.6. The number of furan rings is 2. The fourth-order valence-corrected chi connectivity index (χ4v) is 3.31. The van der Waals surface area contributed by atoms with Crippen LogP contribution in [0.2, 0.25) is 0 Å². The van der Waals surface area contributed by atoms with E-state index < -0.39 is 0 Å². The van der Waals surface area contributed by atoms with Crippen molar-refractivity contribution in [2.75, 3.05) is 24.6 Å². The lowest BCUT2D eigenvalue weighted by molar-refractivity contribution is -0.148. The van der Waals surface area contributed by atoms with Gasteiger partial charge in [0.25, 0.3) is 0 Å². The number of hydrogen-bond acceptors (Lipinski definition) is 7. The van der Waals surface area contributed by atoms with Crippen LogP contribution in [-0.4, -0.2) is 35.6 Å². The van der Waals surface area contributed by atoms with E-state index in [1.165, 1.54) is 0 Å². The highest BCUT2D eigenvalue weighted by molar-refractivity contribution is 5.76. The number of carbonyl (C=O) groups excluding carboxylic acids is 1. The van der Waals surface area contributed by atoms with Gasteiger partial charge in [-0.2, -0.15) is 0 Å². The van der Waals surface area contributed by atoms with Crippen molar-refractivity contribution in [2.45, 2.75) is 19.8 Å². The molecule has 1 saturated heterocycles. The van der Waals surface area contributed by atoms with Gasteiger partial charge in [0.2, 0.25) is 5.95 Å². The Morgan fingerprint density at radius 1 is 1.19 bits per heavy atom. The Hall–Kier alpha value is -3.09. The van der Waals surface area contributed by atoms with Crippen LogP contribution in [0.4, 0.5) is 5.95 Å². The summed E-state index contributed by atoms with van der Waals surface area (Å²) in [6.45, 7) is 3.67. The van der Waals surface area contributed by atoms with Gasteiger partial charge >= 0.3 is 5.97 Å². The Morgan fingerprint density at radius 3 is 2.52 bits per heavy atom. The Balaban J connectivity index is 1.58. The summed E-state index contributed by atoms with van der Waals surface area (Å²) in [6.07, 6.45) is 6.47. The summed E-state index contributed by atoms with van der Waals surface area (Å²) in [5, 5.41) is 0. The molecule has 0 bridgehead atoms. The SMILES string of the molecule is CCOC(=O)C1CCN(c2ncc(-c3ccco3)c(-c3ccco3)n2)CC1. The average Bonchev–Trinajstić information content (AvgIpc) is 3.42. The fourth-order valence-electron chi connectivity index (χ4n) is 3.31. The fraction of sp³-hybridized carbons (Fsp3) is 0.350. The summed E-state index contributed by atoms with van der Waals surface area (Å²) in [5.41, 5.74) is 1.47. The van der Waals surface area contributed by atoms with Gasteiger partial charge in [-0.1, -0.05) is 0 Å². The van der Waals surface area contributed by atoms with Crippen LogP contribution in [0.15, 0.2) is 51.8 Å². The molecule has 1 aliphatic rings. The van der Waals surface area contributed by atoms with Crippen LogP contribution in [0.25, 0.3) is 22.8 Å². The van der Waals surface area contributed by atoms with Crippen LogP contribution in [-0.2, 0) is 9.53 Å². The lowest BCUT2D eigenvalue weighted by Gasteiger charge is -2.31. The number of aromatic nitrogens is 2. The van der Waals surface area contributed by atoms with E-state index in [2.05, 4.69) is 9.88 Å². The highest BCUT2D eigenvalue weighted by Crippen LogP contribution is 2.32. The van der Waals surface area contributed by atoms with E-state index in [0.29, 0.717) is 42.9 Å². The number of piperidine rings is 1. The maximum absolute atomic E-state index is 11.9. The largest absolute Gasteiger partial charge is 0.466 e. The molecule has 3 aromatic rings. The van der Waals surface area contributed by atoms with Gasteiger partial charge in [0.15, 0.2) is 5.76 Å². The van der Waals surface area contributed by atoms with E-state index in [1.807, 2.05) is 31.2 Å². The Kier molecular flexibility index (Phi) is 4.91. The lowest BCUT2D eigenvalue weighted by Crippen LogP contribution is -2.38. The molecule has 1 fully saturated rings. The second-order valence-corrected chi connectivity index (χ2v) is 6.40. The van der Waals surface area contributed by atoms with E-state index in [0.717, 1.165) is 18.4 Å². The van der Waals surface area contributed by atoms with Crippen molar-refractivity contribution in [1.29, 1.82) is 0 Å². The summed E-state index contributed by atoms with van der Waals surface area (Å²) < 4.78 is 16.2. The first-order valence-corrected chi connectivity index (χ1v) is 9.12. The molecule has 0 N–H and O–H groups in total. The predicted octanol–water partition coefficient (Wildman–Crippen LogP) is 3.78. The number of carbonyl (C=O) groups is 1. The number of hydrogen-bond donors (Lipinski definition) is 0. The molecule has 0 unspecified atom stereocenters. The molecular weight excluding hydrogens is 346 g/mol. The van der Waals surface area contributed by atoms with Crippen molar-refractivity contribution in [3.8, 4) is 22.8 Å². The third-order valence-corrected chi connectivity index (χ3v) is 4.71. The molecule has 3 aromatic heterocycles. The highest BCUT2D eigenvalue weighted by Gasteiger charge is 2.28. The molecule has 4 heterocycles. The first-order valence-electron chi connectivity index (χ1n) is 9.12. The molecule has 0 atom stereocenters. The van der Waals surface area contributed by atoms with E-state index in [1.54, 1.807) is 18.7 Å².